The molecular weight excluding hydrogens is 126 g/mol. The molecule has 0 aromatic heterocycles. The monoisotopic (exact) mass is 147 g/mol. The van der Waals surface area contributed by atoms with Gasteiger partial charge in [-0.15, -0.1) is 0 Å². The summed E-state index contributed by atoms with van der Waals surface area (Å²) in [6.45, 7) is 11.7. The Balaban J connectivity index is 0. The molecule has 0 aromatic rings. The Hall–Kier alpha value is -0.0800. The predicted molar refractivity (Wildman–Crippen MR) is 46.1 cm³/mol. The highest BCUT2D eigenvalue weighted by Crippen LogP contribution is 1.89. The molecule has 0 radical (unpaired) electrons. The number of rotatable bonds is 0. The molecule has 1 saturated heterocycles. The molecule has 0 spiro atoms. The van der Waals surface area contributed by atoms with Crippen molar-refractivity contribution in [2.45, 2.75) is 40.7 Å². The van der Waals surface area contributed by atoms with E-state index in [0.717, 1.165) is 13.3 Å². The molecule has 1 aliphatic heterocycles. The second kappa shape index (κ2) is 11.7. The smallest absolute Gasteiger partial charge is 0.0968 e. The van der Waals surface area contributed by atoms with Crippen LogP contribution in [0, 0.1) is 0 Å². The van der Waals surface area contributed by atoms with Gasteiger partial charge in [-0.2, -0.15) is 0 Å². The second-order valence-electron chi connectivity index (χ2n) is 1.62. The molecule has 0 aliphatic carbocycles. The highest BCUT2D eigenvalue weighted by molar-refractivity contribution is 4.60. The highest BCUT2D eigenvalue weighted by Gasteiger charge is 2.05. The molecule has 1 aliphatic rings. The largest absolute Gasteiger partial charge is 0.365 e. The van der Waals surface area contributed by atoms with Crippen LogP contribution in [0.3, 0.4) is 0 Å². The van der Waals surface area contributed by atoms with Crippen LogP contribution in [-0.4, -0.2) is 19.4 Å². The van der Waals surface area contributed by atoms with Gasteiger partial charge in [0.05, 0.1) is 13.3 Å². The van der Waals surface area contributed by atoms with Crippen molar-refractivity contribution in [1.82, 2.24) is 5.32 Å². The van der Waals surface area contributed by atoms with Gasteiger partial charge in [0, 0.05) is 6.04 Å². The summed E-state index contributed by atoms with van der Waals surface area (Å²) < 4.78 is 4.95. The zero-order valence-corrected chi connectivity index (χ0v) is 7.90. The summed E-state index contributed by atoms with van der Waals surface area (Å²) in [5.41, 5.74) is 0. The number of nitrogens with one attached hydrogen (secondary N) is 1. The van der Waals surface area contributed by atoms with E-state index in [0.29, 0.717) is 6.04 Å². The van der Waals surface area contributed by atoms with Gasteiger partial charge in [-0.3, -0.25) is 5.32 Å². The van der Waals surface area contributed by atoms with Crippen LogP contribution in [0.15, 0.2) is 0 Å². The summed E-state index contributed by atoms with van der Waals surface area (Å²) in [5.74, 6) is 0. The van der Waals surface area contributed by atoms with Crippen LogP contribution in [0.5, 0.6) is 0 Å². The number of hydrogen-bond donors (Lipinski definition) is 1. The Kier molecular flexibility index (Phi) is 14.7. The SMILES string of the molecule is CC.CC.CC1COCN1. The molecule has 0 saturated carbocycles. The zero-order valence-electron chi connectivity index (χ0n) is 7.90. The topological polar surface area (TPSA) is 21.3 Å². The molecule has 0 amide bonds. The lowest BCUT2D eigenvalue weighted by Gasteiger charge is -1.91. The lowest BCUT2D eigenvalue weighted by molar-refractivity contribution is 0.190. The van der Waals surface area contributed by atoms with Gasteiger partial charge in [-0.05, 0) is 6.92 Å². The van der Waals surface area contributed by atoms with Gasteiger partial charge in [-0.25, -0.2) is 0 Å². The molecule has 0 aromatic carbocycles. The van der Waals surface area contributed by atoms with Crippen molar-refractivity contribution in [3.8, 4) is 0 Å². The molecular formula is C8H21NO. The molecule has 1 N–H and O–H groups in total. The molecule has 0 bridgehead atoms. The van der Waals surface area contributed by atoms with Crippen LogP contribution in [0.4, 0.5) is 0 Å². The van der Waals surface area contributed by atoms with Gasteiger partial charge in [0.1, 0.15) is 0 Å². The van der Waals surface area contributed by atoms with Crippen LogP contribution < -0.4 is 5.32 Å². The fourth-order valence-corrected chi connectivity index (χ4v) is 0.496. The predicted octanol–water partition coefficient (Wildman–Crippen LogP) is 2.00. The Bertz CT molecular complexity index is 42.5. The first-order chi connectivity index (χ1) is 4.89. The third-order valence-corrected chi connectivity index (χ3v) is 0.902. The fourth-order valence-electron chi connectivity index (χ4n) is 0.496. The maximum absolute atomic E-state index is 4.95. The van der Waals surface area contributed by atoms with Crippen LogP contribution in [0.1, 0.15) is 34.6 Å². The van der Waals surface area contributed by atoms with Crippen molar-refractivity contribution in [1.29, 1.82) is 0 Å². The van der Waals surface area contributed by atoms with E-state index in [4.69, 9.17) is 4.74 Å². The van der Waals surface area contributed by atoms with Crippen molar-refractivity contribution >= 4 is 0 Å². The Morgan fingerprint density at radius 1 is 1.20 bits per heavy atom. The van der Waals surface area contributed by atoms with Crippen LogP contribution in [0.25, 0.3) is 0 Å². The highest BCUT2D eigenvalue weighted by atomic mass is 16.5. The van der Waals surface area contributed by atoms with Gasteiger partial charge in [0.2, 0.25) is 0 Å². The summed E-state index contributed by atoms with van der Waals surface area (Å²) in [4.78, 5) is 0. The molecule has 10 heavy (non-hydrogen) atoms. The molecule has 1 rings (SSSR count). The quantitative estimate of drug-likeness (QED) is 0.566. The summed E-state index contributed by atoms with van der Waals surface area (Å²) in [5, 5.41) is 3.10. The maximum atomic E-state index is 4.95. The van der Waals surface area contributed by atoms with Crippen molar-refractivity contribution < 1.29 is 4.74 Å². The van der Waals surface area contributed by atoms with E-state index in [1.54, 1.807) is 0 Å². The summed E-state index contributed by atoms with van der Waals surface area (Å²) in [7, 11) is 0. The third kappa shape index (κ3) is 7.92. The summed E-state index contributed by atoms with van der Waals surface area (Å²) >= 11 is 0. The van der Waals surface area contributed by atoms with Gasteiger partial charge in [0.15, 0.2) is 0 Å². The molecule has 1 unspecified atom stereocenters. The van der Waals surface area contributed by atoms with Crippen molar-refractivity contribution in [3.63, 3.8) is 0 Å². The maximum Gasteiger partial charge on any atom is 0.0968 e. The average Bonchev–Trinajstić information content (AvgIpc) is 2.48. The molecule has 1 heterocycles. The van der Waals surface area contributed by atoms with E-state index in [2.05, 4.69) is 12.2 Å². The standard InChI is InChI=1S/C4H9NO.2C2H6/c1-4-2-6-3-5-4;2*1-2/h4-5H,2-3H2,1H3;2*1-2H3. The van der Waals surface area contributed by atoms with Crippen molar-refractivity contribution in [2.24, 2.45) is 0 Å². The minimum atomic E-state index is 0.574. The van der Waals surface area contributed by atoms with E-state index in [1.165, 1.54) is 0 Å². The first kappa shape index (κ1) is 12.6. The Morgan fingerprint density at radius 3 is 1.80 bits per heavy atom. The van der Waals surface area contributed by atoms with E-state index in [1.807, 2.05) is 27.7 Å². The van der Waals surface area contributed by atoms with Gasteiger partial charge in [0.25, 0.3) is 0 Å². The molecule has 64 valence electrons. The lowest BCUT2D eigenvalue weighted by Crippen LogP contribution is -2.18. The van der Waals surface area contributed by atoms with Gasteiger partial charge < -0.3 is 4.74 Å². The number of ether oxygens (including phenoxy) is 1. The number of hydrogen-bond acceptors (Lipinski definition) is 2. The lowest BCUT2D eigenvalue weighted by atomic mass is 10.4. The zero-order chi connectivity index (χ0) is 8.41. The third-order valence-electron chi connectivity index (χ3n) is 0.902. The van der Waals surface area contributed by atoms with Gasteiger partial charge >= 0.3 is 0 Å². The van der Waals surface area contributed by atoms with Gasteiger partial charge in [-0.1, -0.05) is 27.7 Å². The first-order valence-corrected chi connectivity index (χ1v) is 4.21. The van der Waals surface area contributed by atoms with Crippen LogP contribution >= 0.6 is 0 Å². The van der Waals surface area contributed by atoms with E-state index < -0.39 is 0 Å². The van der Waals surface area contributed by atoms with E-state index >= 15 is 0 Å². The Morgan fingerprint density at radius 2 is 1.70 bits per heavy atom. The second-order valence-corrected chi connectivity index (χ2v) is 1.62. The minimum absolute atomic E-state index is 0.574. The van der Waals surface area contributed by atoms with E-state index in [9.17, 15) is 0 Å². The fraction of sp³-hybridized carbons (Fsp3) is 1.00. The van der Waals surface area contributed by atoms with E-state index in [-0.39, 0.29) is 0 Å². The molecule has 2 heteroatoms. The first-order valence-electron chi connectivity index (χ1n) is 4.21. The normalized spacial score (nSPS) is 21.9. The van der Waals surface area contributed by atoms with Crippen molar-refractivity contribution in [3.05, 3.63) is 0 Å². The summed E-state index contributed by atoms with van der Waals surface area (Å²) in [6.07, 6.45) is 0. The molecule has 1 atom stereocenters. The minimum Gasteiger partial charge on any atom is -0.365 e. The van der Waals surface area contributed by atoms with Crippen LogP contribution in [-0.2, 0) is 4.74 Å². The Labute approximate surface area is 65.0 Å². The summed E-state index contributed by atoms with van der Waals surface area (Å²) in [6, 6.07) is 0.574. The molecule has 2 nitrogen and oxygen atoms in total. The van der Waals surface area contributed by atoms with Crippen LogP contribution in [0.2, 0.25) is 0 Å². The van der Waals surface area contributed by atoms with Crippen molar-refractivity contribution in [2.75, 3.05) is 13.3 Å². The molecule has 1 fully saturated rings. The average molecular weight is 147 g/mol.